The first-order valence-corrected chi connectivity index (χ1v) is 7.33. The summed E-state index contributed by atoms with van der Waals surface area (Å²) in [5.41, 5.74) is 7.18. The van der Waals surface area contributed by atoms with E-state index in [0.29, 0.717) is 5.69 Å². The third kappa shape index (κ3) is 2.92. The van der Waals surface area contributed by atoms with E-state index in [1.807, 2.05) is 6.07 Å². The lowest BCUT2D eigenvalue weighted by Gasteiger charge is -2.27. The number of anilines is 1. The zero-order valence-corrected chi connectivity index (χ0v) is 11.6. The summed E-state index contributed by atoms with van der Waals surface area (Å²) >= 11 is 0. The highest BCUT2D eigenvalue weighted by molar-refractivity contribution is 5.41. The van der Waals surface area contributed by atoms with Crippen LogP contribution in [0.4, 0.5) is 10.1 Å². The summed E-state index contributed by atoms with van der Waals surface area (Å²) in [6.07, 6.45) is 5.73. The van der Waals surface area contributed by atoms with Gasteiger partial charge in [-0.15, -0.1) is 0 Å². The van der Waals surface area contributed by atoms with E-state index < -0.39 is 0 Å². The molecule has 0 radical (unpaired) electrons. The number of nitrogens with two attached hydrogens (primary N) is 1. The Morgan fingerprint density at radius 1 is 1.26 bits per heavy atom. The first kappa shape index (κ1) is 12.9. The first-order valence-electron chi connectivity index (χ1n) is 7.33. The Morgan fingerprint density at radius 3 is 2.74 bits per heavy atom. The predicted molar refractivity (Wildman–Crippen MR) is 76.1 cm³/mol. The molecule has 0 saturated heterocycles. The largest absolute Gasteiger partial charge is 0.399 e. The maximum atomic E-state index is 13.3. The lowest BCUT2D eigenvalue weighted by atomic mass is 9.88. The summed E-state index contributed by atoms with van der Waals surface area (Å²) in [7, 11) is 2.13. The van der Waals surface area contributed by atoms with E-state index in [1.54, 1.807) is 6.07 Å². The molecule has 3 rings (SSSR count). The van der Waals surface area contributed by atoms with Gasteiger partial charge in [0.2, 0.25) is 0 Å². The fourth-order valence-corrected chi connectivity index (χ4v) is 4.14. The van der Waals surface area contributed by atoms with Gasteiger partial charge in [-0.1, -0.05) is 6.42 Å². The zero-order chi connectivity index (χ0) is 13.4. The highest BCUT2D eigenvalue weighted by atomic mass is 19.1. The second-order valence-electron chi connectivity index (χ2n) is 6.52. The minimum atomic E-state index is -0.233. The number of fused-ring (bicyclic) bond motifs is 2. The zero-order valence-electron chi connectivity index (χ0n) is 11.6. The Hall–Kier alpha value is -1.09. The molecule has 2 saturated carbocycles. The number of hydrogen-bond acceptors (Lipinski definition) is 2. The number of nitrogen functional groups attached to an aromatic ring is 1. The monoisotopic (exact) mass is 262 g/mol. The molecule has 2 aliphatic rings. The molecule has 2 N–H and O–H groups in total. The molecule has 0 aromatic heterocycles. The van der Waals surface area contributed by atoms with Crippen LogP contribution in [0.1, 0.15) is 31.2 Å². The second kappa shape index (κ2) is 5.12. The van der Waals surface area contributed by atoms with Crippen LogP contribution in [-0.2, 0) is 6.54 Å². The predicted octanol–water partition coefficient (Wildman–Crippen LogP) is 3.28. The van der Waals surface area contributed by atoms with Gasteiger partial charge in [0.05, 0.1) is 0 Å². The summed E-state index contributed by atoms with van der Waals surface area (Å²) in [4.78, 5) is 2.32. The van der Waals surface area contributed by atoms with Crippen LogP contribution in [0.25, 0.3) is 0 Å². The van der Waals surface area contributed by atoms with Gasteiger partial charge in [-0.3, -0.25) is 0 Å². The van der Waals surface area contributed by atoms with E-state index in [4.69, 9.17) is 5.73 Å². The molecule has 104 valence electrons. The lowest BCUT2D eigenvalue weighted by molar-refractivity contribution is 0.214. The molecule has 2 bridgehead atoms. The van der Waals surface area contributed by atoms with E-state index in [0.717, 1.165) is 36.4 Å². The van der Waals surface area contributed by atoms with Gasteiger partial charge >= 0.3 is 0 Å². The molecule has 0 heterocycles. The molecule has 1 aromatic carbocycles. The molecule has 3 heteroatoms. The van der Waals surface area contributed by atoms with E-state index in [-0.39, 0.29) is 5.82 Å². The normalized spacial score (nSPS) is 29.3. The Labute approximate surface area is 114 Å². The highest BCUT2D eigenvalue weighted by Crippen LogP contribution is 2.48. The maximum Gasteiger partial charge on any atom is 0.125 e. The van der Waals surface area contributed by atoms with Gasteiger partial charge in [0.15, 0.2) is 0 Å². The Kier molecular flexibility index (Phi) is 3.48. The van der Waals surface area contributed by atoms with Gasteiger partial charge in [0.1, 0.15) is 5.82 Å². The van der Waals surface area contributed by atoms with Crippen molar-refractivity contribution in [1.82, 2.24) is 4.90 Å². The summed E-state index contributed by atoms with van der Waals surface area (Å²) in [5, 5.41) is 0. The number of nitrogens with zero attached hydrogens (tertiary/aromatic N) is 1. The van der Waals surface area contributed by atoms with Gasteiger partial charge in [-0.05, 0) is 67.8 Å². The van der Waals surface area contributed by atoms with Crippen molar-refractivity contribution >= 4 is 5.69 Å². The number of halogens is 1. The summed E-state index contributed by atoms with van der Waals surface area (Å²) in [5.74, 6) is 2.57. The molecular formula is C16H23FN2. The van der Waals surface area contributed by atoms with Gasteiger partial charge in [0, 0.05) is 18.8 Å². The Bertz CT molecular complexity index is 440. The van der Waals surface area contributed by atoms with Crippen LogP contribution in [0.3, 0.4) is 0 Å². The van der Waals surface area contributed by atoms with Crippen LogP contribution in [0.5, 0.6) is 0 Å². The van der Waals surface area contributed by atoms with Crippen molar-refractivity contribution in [2.45, 2.75) is 32.2 Å². The van der Waals surface area contributed by atoms with E-state index in [2.05, 4.69) is 11.9 Å². The fraction of sp³-hybridized carbons (Fsp3) is 0.625. The van der Waals surface area contributed by atoms with Crippen molar-refractivity contribution in [1.29, 1.82) is 0 Å². The van der Waals surface area contributed by atoms with Crippen LogP contribution in [0.15, 0.2) is 18.2 Å². The highest BCUT2D eigenvalue weighted by Gasteiger charge is 2.39. The van der Waals surface area contributed by atoms with Crippen molar-refractivity contribution in [2.24, 2.45) is 17.8 Å². The molecule has 1 aromatic rings. The molecule has 0 spiro atoms. The molecule has 2 nitrogen and oxygen atoms in total. The average molecular weight is 262 g/mol. The van der Waals surface area contributed by atoms with Crippen molar-refractivity contribution in [3.8, 4) is 0 Å². The average Bonchev–Trinajstić information content (AvgIpc) is 2.88. The van der Waals surface area contributed by atoms with E-state index >= 15 is 0 Å². The minimum absolute atomic E-state index is 0.233. The Balaban J connectivity index is 1.57. The van der Waals surface area contributed by atoms with Crippen molar-refractivity contribution in [2.75, 3.05) is 19.3 Å². The third-order valence-electron chi connectivity index (χ3n) is 4.86. The molecule has 0 aliphatic heterocycles. The van der Waals surface area contributed by atoms with Crippen molar-refractivity contribution < 1.29 is 4.39 Å². The standard InChI is InChI=1S/C16H23FN2/c1-19(9-12-6-15(17)8-16(18)7-12)10-14-5-11-2-3-13(14)4-11/h6-8,11,13-14H,2-5,9-10,18H2,1H3. The van der Waals surface area contributed by atoms with Gasteiger partial charge in [-0.25, -0.2) is 4.39 Å². The molecule has 2 fully saturated rings. The number of benzene rings is 1. The molecule has 0 amide bonds. The lowest BCUT2D eigenvalue weighted by Crippen LogP contribution is -2.28. The van der Waals surface area contributed by atoms with Crippen molar-refractivity contribution in [3.63, 3.8) is 0 Å². The smallest absolute Gasteiger partial charge is 0.125 e. The quantitative estimate of drug-likeness (QED) is 0.844. The molecular weight excluding hydrogens is 239 g/mol. The first-order chi connectivity index (χ1) is 9.10. The van der Waals surface area contributed by atoms with E-state index in [1.165, 1.54) is 31.7 Å². The minimum Gasteiger partial charge on any atom is -0.399 e. The van der Waals surface area contributed by atoms with Gasteiger partial charge in [-0.2, -0.15) is 0 Å². The molecule has 19 heavy (non-hydrogen) atoms. The van der Waals surface area contributed by atoms with Gasteiger partial charge in [0.25, 0.3) is 0 Å². The summed E-state index contributed by atoms with van der Waals surface area (Å²) in [6, 6.07) is 4.84. The third-order valence-corrected chi connectivity index (χ3v) is 4.86. The fourth-order valence-electron chi connectivity index (χ4n) is 4.14. The SMILES string of the molecule is CN(Cc1cc(N)cc(F)c1)CC1CC2CCC1C2. The maximum absolute atomic E-state index is 13.3. The summed E-state index contributed by atoms with van der Waals surface area (Å²) in [6.45, 7) is 1.92. The molecule has 3 unspecified atom stereocenters. The van der Waals surface area contributed by atoms with Crippen LogP contribution in [-0.4, -0.2) is 18.5 Å². The number of hydrogen-bond donors (Lipinski definition) is 1. The topological polar surface area (TPSA) is 29.3 Å². The van der Waals surface area contributed by atoms with Crippen molar-refractivity contribution in [3.05, 3.63) is 29.6 Å². The van der Waals surface area contributed by atoms with Crippen LogP contribution in [0.2, 0.25) is 0 Å². The van der Waals surface area contributed by atoms with Crippen LogP contribution < -0.4 is 5.73 Å². The van der Waals surface area contributed by atoms with Crippen LogP contribution in [0, 0.1) is 23.6 Å². The molecule has 3 atom stereocenters. The van der Waals surface area contributed by atoms with Crippen LogP contribution >= 0.6 is 0 Å². The molecule has 2 aliphatic carbocycles. The Morgan fingerprint density at radius 2 is 2.11 bits per heavy atom. The second-order valence-corrected chi connectivity index (χ2v) is 6.52. The van der Waals surface area contributed by atoms with Gasteiger partial charge < -0.3 is 10.6 Å². The number of rotatable bonds is 4. The summed E-state index contributed by atoms with van der Waals surface area (Å²) < 4.78 is 13.3. The van der Waals surface area contributed by atoms with E-state index in [9.17, 15) is 4.39 Å².